The van der Waals surface area contributed by atoms with Crippen molar-refractivity contribution in [2.24, 2.45) is 5.92 Å². The van der Waals surface area contributed by atoms with Gasteiger partial charge >= 0.3 is 5.97 Å². The number of hydrogen-bond acceptors (Lipinski definition) is 1. The molecule has 2 nitrogen and oxygen atoms in total. The second-order valence-electron chi connectivity index (χ2n) is 6.12. The van der Waals surface area contributed by atoms with Crippen molar-refractivity contribution in [3.63, 3.8) is 0 Å². The van der Waals surface area contributed by atoms with E-state index in [9.17, 15) is 4.79 Å². The average molecular weight is 258 g/mol. The molecule has 1 aromatic carbocycles. The van der Waals surface area contributed by atoms with Crippen molar-refractivity contribution >= 4 is 5.97 Å². The molecule has 0 radical (unpaired) electrons. The van der Waals surface area contributed by atoms with Crippen LogP contribution in [0.2, 0.25) is 0 Å². The summed E-state index contributed by atoms with van der Waals surface area (Å²) in [6.45, 7) is 0. The molecule has 1 aromatic rings. The Hall–Kier alpha value is -1.31. The fraction of sp³-hybridized carbons (Fsp3) is 0.588. The maximum Gasteiger partial charge on any atom is 0.306 e. The number of fused-ring (bicyclic) bond motifs is 1. The number of aryl methyl sites for hydroxylation is 2. The summed E-state index contributed by atoms with van der Waals surface area (Å²) in [5.74, 6) is -0.124. The second-order valence-corrected chi connectivity index (χ2v) is 6.12. The van der Waals surface area contributed by atoms with E-state index in [0.29, 0.717) is 5.92 Å². The molecule has 0 saturated heterocycles. The normalized spacial score (nSPS) is 26.7. The number of aliphatic carboxylic acids is 1. The van der Waals surface area contributed by atoms with E-state index in [4.69, 9.17) is 5.11 Å². The molecule has 102 valence electrons. The van der Waals surface area contributed by atoms with Crippen LogP contribution in [0.4, 0.5) is 0 Å². The Morgan fingerprint density at radius 2 is 1.68 bits per heavy atom. The van der Waals surface area contributed by atoms with Crippen molar-refractivity contribution in [1.82, 2.24) is 0 Å². The van der Waals surface area contributed by atoms with Gasteiger partial charge in [-0.05, 0) is 74.0 Å². The van der Waals surface area contributed by atoms with Crippen molar-refractivity contribution in [3.8, 4) is 0 Å². The second kappa shape index (κ2) is 5.36. The molecule has 0 heterocycles. The lowest BCUT2D eigenvalue weighted by Gasteiger charge is -2.27. The van der Waals surface area contributed by atoms with E-state index >= 15 is 0 Å². The van der Waals surface area contributed by atoms with Crippen LogP contribution >= 0.6 is 0 Å². The van der Waals surface area contributed by atoms with Crippen LogP contribution < -0.4 is 0 Å². The summed E-state index contributed by atoms with van der Waals surface area (Å²) >= 11 is 0. The van der Waals surface area contributed by atoms with Gasteiger partial charge in [0.25, 0.3) is 0 Å². The molecule has 0 spiro atoms. The Morgan fingerprint density at radius 1 is 1.00 bits per heavy atom. The zero-order valence-corrected chi connectivity index (χ0v) is 11.4. The minimum atomic E-state index is -0.608. The Kier molecular flexibility index (Phi) is 3.58. The Balaban J connectivity index is 1.71. The first-order chi connectivity index (χ1) is 9.24. The highest BCUT2D eigenvalue weighted by Gasteiger charge is 2.27. The van der Waals surface area contributed by atoms with E-state index < -0.39 is 5.97 Å². The molecule has 0 amide bonds. The smallest absolute Gasteiger partial charge is 0.306 e. The van der Waals surface area contributed by atoms with Gasteiger partial charge in [-0.2, -0.15) is 0 Å². The lowest BCUT2D eigenvalue weighted by atomic mass is 9.77. The SMILES string of the molecule is O=C(O)C1CCC(c2ccc3c(c2)CCCC3)CC1. The fourth-order valence-electron chi connectivity index (χ4n) is 3.68. The predicted molar refractivity (Wildman–Crippen MR) is 75.4 cm³/mol. The minimum absolute atomic E-state index is 0.103. The van der Waals surface area contributed by atoms with Crippen molar-refractivity contribution in [3.05, 3.63) is 34.9 Å². The van der Waals surface area contributed by atoms with Gasteiger partial charge in [0.1, 0.15) is 0 Å². The molecule has 0 unspecified atom stereocenters. The first kappa shape index (κ1) is 12.7. The molecule has 0 aromatic heterocycles. The molecule has 1 N–H and O–H groups in total. The maximum absolute atomic E-state index is 11.0. The predicted octanol–water partition coefficient (Wildman–Crippen LogP) is 3.92. The van der Waals surface area contributed by atoms with Crippen molar-refractivity contribution in [2.75, 3.05) is 0 Å². The van der Waals surface area contributed by atoms with Gasteiger partial charge in [-0.1, -0.05) is 18.2 Å². The van der Waals surface area contributed by atoms with Gasteiger partial charge in [0.2, 0.25) is 0 Å². The quantitative estimate of drug-likeness (QED) is 0.872. The summed E-state index contributed by atoms with van der Waals surface area (Å²) < 4.78 is 0. The number of benzene rings is 1. The van der Waals surface area contributed by atoms with Gasteiger partial charge in [0.05, 0.1) is 5.92 Å². The Morgan fingerprint density at radius 3 is 2.37 bits per heavy atom. The lowest BCUT2D eigenvalue weighted by molar-refractivity contribution is -0.142. The topological polar surface area (TPSA) is 37.3 Å². The summed E-state index contributed by atoms with van der Waals surface area (Å²) in [6, 6.07) is 7.00. The summed E-state index contributed by atoms with van der Waals surface area (Å²) in [4.78, 5) is 11.0. The van der Waals surface area contributed by atoms with Gasteiger partial charge in [-0.15, -0.1) is 0 Å². The molecule has 2 heteroatoms. The van der Waals surface area contributed by atoms with Gasteiger partial charge < -0.3 is 5.11 Å². The number of carbonyl (C=O) groups is 1. The standard InChI is InChI=1S/C17H22O2/c18-17(19)14-8-5-13(6-9-14)16-10-7-12-3-1-2-4-15(12)11-16/h7,10-11,13-14H,1-6,8-9H2,(H,18,19). The molecule has 0 atom stereocenters. The first-order valence-corrected chi connectivity index (χ1v) is 7.58. The molecule has 2 aliphatic rings. The summed E-state index contributed by atoms with van der Waals surface area (Å²) in [6.07, 6.45) is 8.88. The van der Waals surface area contributed by atoms with Crippen LogP contribution in [-0.4, -0.2) is 11.1 Å². The monoisotopic (exact) mass is 258 g/mol. The molecule has 3 rings (SSSR count). The van der Waals surface area contributed by atoms with Crippen LogP contribution in [0.5, 0.6) is 0 Å². The van der Waals surface area contributed by atoms with Crippen LogP contribution in [0.25, 0.3) is 0 Å². The minimum Gasteiger partial charge on any atom is -0.481 e. The molecular weight excluding hydrogens is 236 g/mol. The number of carboxylic acid groups (broad SMARTS) is 1. The molecule has 1 saturated carbocycles. The number of hydrogen-bond donors (Lipinski definition) is 1. The van der Waals surface area contributed by atoms with Gasteiger partial charge in [-0.25, -0.2) is 0 Å². The van der Waals surface area contributed by atoms with Crippen LogP contribution in [-0.2, 0) is 17.6 Å². The third-order valence-corrected chi connectivity index (χ3v) is 4.92. The first-order valence-electron chi connectivity index (χ1n) is 7.58. The Labute approximate surface area is 114 Å². The van der Waals surface area contributed by atoms with Crippen molar-refractivity contribution < 1.29 is 9.90 Å². The van der Waals surface area contributed by atoms with E-state index in [2.05, 4.69) is 18.2 Å². The van der Waals surface area contributed by atoms with Gasteiger partial charge in [-0.3, -0.25) is 4.79 Å². The largest absolute Gasteiger partial charge is 0.481 e. The number of carboxylic acids is 1. The maximum atomic E-state index is 11.0. The zero-order chi connectivity index (χ0) is 13.2. The highest BCUT2D eigenvalue weighted by molar-refractivity contribution is 5.70. The summed E-state index contributed by atoms with van der Waals surface area (Å²) in [7, 11) is 0. The third kappa shape index (κ3) is 2.68. The lowest BCUT2D eigenvalue weighted by Crippen LogP contribution is -2.20. The van der Waals surface area contributed by atoms with Crippen molar-refractivity contribution in [1.29, 1.82) is 0 Å². The molecule has 1 fully saturated rings. The molecule has 19 heavy (non-hydrogen) atoms. The van der Waals surface area contributed by atoms with E-state index in [1.54, 1.807) is 5.56 Å². The van der Waals surface area contributed by atoms with E-state index in [1.807, 2.05) is 0 Å². The Bertz CT molecular complexity index is 470. The van der Waals surface area contributed by atoms with Crippen LogP contribution in [0.1, 0.15) is 61.1 Å². The highest BCUT2D eigenvalue weighted by Crippen LogP contribution is 2.37. The summed E-state index contributed by atoms with van der Waals surface area (Å²) in [5, 5.41) is 9.05. The van der Waals surface area contributed by atoms with Gasteiger partial charge in [0.15, 0.2) is 0 Å². The van der Waals surface area contributed by atoms with Crippen LogP contribution in [0.3, 0.4) is 0 Å². The average Bonchev–Trinajstić information content (AvgIpc) is 2.47. The highest BCUT2D eigenvalue weighted by atomic mass is 16.4. The van der Waals surface area contributed by atoms with E-state index in [1.165, 1.54) is 36.8 Å². The molecule has 2 aliphatic carbocycles. The van der Waals surface area contributed by atoms with E-state index in [0.717, 1.165) is 25.7 Å². The molecule has 0 bridgehead atoms. The number of rotatable bonds is 2. The van der Waals surface area contributed by atoms with Crippen LogP contribution in [0.15, 0.2) is 18.2 Å². The molecule has 0 aliphatic heterocycles. The summed E-state index contributed by atoms with van der Waals surface area (Å²) in [5.41, 5.74) is 4.53. The molecular formula is C17H22O2. The van der Waals surface area contributed by atoms with Gasteiger partial charge in [0, 0.05) is 0 Å². The third-order valence-electron chi connectivity index (χ3n) is 4.92. The van der Waals surface area contributed by atoms with Crippen LogP contribution in [0, 0.1) is 5.92 Å². The zero-order valence-electron chi connectivity index (χ0n) is 11.4. The van der Waals surface area contributed by atoms with Crippen molar-refractivity contribution in [2.45, 2.75) is 57.3 Å². The van der Waals surface area contributed by atoms with E-state index in [-0.39, 0.29) is 5.92 Å². The fourth-order valence-corrected chi connectivity index (χ4v) is 3.68.